The molecule has 5 heteroatoms. The van der Waals surface area contributed by atoms with Crippen LogP contribution in [0.5, 0.6) is 0 Å². The topological polar surface area (TPSA) is 64.3 Å². The lowest BCUT2D eigenvalue weighted by Crippen LogP contribution is -2.39. The van der Waals surface area contributed by atoms with E-state index in [-0.39, 0.29) is 31.0 Å². The summed E-state index contributed by atoms with van der Waals surface area (Å²) >= 11 is 0. The zero-order valence-electron chi connectivity index (χ0n) is 11.6. The van der Waals surface area contributed by atoms with E-state index >= 15 is 0 Å². The highest BCUT2D eigenvalue weighted by atomic mass is 35.5. The molecule has 0 heterocycles. The van der Waals surface area contributed by atoms with Crippen LogP contribution in [-0.2, 0) is 9.53 Å². The molecule has 0 spiro atoms. The lowest BCUT2D eigenvalue weighted by atomic mass is 9.94. The minimum absolute atomic E-state index is 0. The molecule has 0 unspecified atom stereocenters. The minimum Gasteiger partial charge on any atom is -0.368 e. The number of nitrogens with one attached hydrogen (secondary N) is 1. The van der Waals surface area contributed by atoms with Crippen LogP contribution in [0.25, 0.3) is 0 Å². The van der Waals surface area contributed by atoms with Crippen molar-refractivity contribution in [1.29, 1.82) is 0 Å². The average Bonchev–Trinajstić information content (AvgIpc) is 2.39. The van der Waals surface area contributed by atoms with Crippen LogP contribution < -0.4 is 11.1 Å². The Morgan fingerprint density at radius 1 is 1.05 bits per heavy atom. The minimum atomic E-state index is 0. The van der Waals surface area contributed by atoms with Gasteiger partial charge in [-0.1, -0.05) is 19.3 Å². The Morgan fingerprint density at radius 2 is 1.68 bits per heavy atom. The van der Waals surface area contributed by atoms with Crippen molar-refractivity contribution in [2.24, 2.45) is 5.73 Å². The highest BCUT2D eigenvalue weighted by molar-refractivity contribution is 5.85. The SMILES string of the molecule is Cl.NC1CCC(OCC(=O)NC2CCCCC2)CC1. The number of hydrogen-bond donors (Lipinski definition) is 2. The Hall–Kier alpha value is -0.320. The molecule has 2 fully saturated rings. The van der Waals surface area contributed by atoms with Crippen molar-refractivity contribution in [3.63, 3.8) is 0 Å². The molecule has 0 aromatic rings. The van der Waals surface area contributed by atoms with E-state index < -0.39 is 0 Å². The van der Waals surface area contributed by atoms with Gasteiger partial charge < -0.3 is 15.8 Å². The molecule has 2 rings (SSSR count). The third-order valence-corrected chi connectivity index (χ3v) is 4.14. The van der Waals surface area contributed by atoms with Crippen LogP contribution in [0.4, 0.5) is 0 Å². The highest BCUT2D eigenvalue weighted by Crippen LogP contribution is 2.20. The molecular weight excluding hydrogens is 264 g/mol. The van der Waals surface area contributed by atoms with Gasteiger partial charge in [-0.2, -0.15) is 0 Å². The predicted octanol–water partition coefficient (Wildman–Crippen LogP) is 2.14. The van der Waals surface area contributed by atoms with Gasteiger partial charge in [-0.05, 0) is 38.5 Å². The molecule has 0 radical (unpaired) electrons. The van der Waals surface area contributed by atoms with Crippen LogP contribution in [0.15, 0.2) is 0 Å². The first kappa shape index (κ1) is 16.7. The van der Waals surface area contributed by atoms with Crippen LogP contribution >= 0.6 is 12.4 Å². The Labute approximate surface area is 122 Å². The van der Waals surface area contributed by atoms with E-state index in [9.17, 15) is 4.79 Å². The number of carbonyl (C=O) groups is 1. The van der Waals surface area contributed by atoms with Crippen molar-refractivity contribution in [2.75, 3.05) is 6.61 Å². The summed E-state index contributed by atoms with van der Waals surface area (Å²) in [5.74, 6) is 0.0526. The largest absolute Gasteiger partial charge is 0.368 e. The number of amides is 1. The summed E-state index contributed by atoms with van der Waals surface area (Å²) in [6, 6.07) is 0.718. The van der Waals surface area contributed by atoms with Crippen LogP contribution in [0.3, 0.4) is 0 Å². The summed E-state index contributed by atoms with van der Waals surface area (Å²) in [6.07, 6.45) is 10.3. The molecule has 0 aromatic carbocycles. The molecule has 0 saturated heterocycles. The third-order valence-electron chi connectivity index (χ3n) is 4.14. The van der Waals surface area contributed by atoms with E-state index in [1.165, 1.54) is 19.3 Å². The molecule has 2 aliphatic rings. The van der Waals surface area contributed by atoms with Gasteiger partial charge in [-0.3, -0.25) is 4.79 Å². The van der Waals surface area contributed by atoms with Crippen LogP contribution in [0.2, 0.25) is 0 Å². The van der Waals surface area contributed by atoms with E-state index in [1.54, 1.807) is 0 Å². The molecule has 19 heavy (non-hydrogen) atoms. The summed E-state index contributed by atoms with van der Waals surface area (Å²) in [5.41, 5.74) is 5.84. The number of hydrogen-bond acceptors (Lipinski definition) is 3. The van der Waals surface area contributed by atoms with Crippen LogP contribution in [0, 0.1) is 0 Å². The first-order valence-corrected chi connectivity index (χ1v) is 7.40. The van der Waals surface area contributed by atoms with Crippen LogP contribution in [-0.4, -0.2) is 30.7 Å². The van der Waals surface area contributed by atoms with E-state index in [2.05, 4.69) is 5.32 Å². The quantitative estimate of drug-likeness (QED) is 0.834. The molecule has 0 aromatic heterocycles. The highest BCUT2D eigenvalue weighted by Gasteiger charge is 2.21. The second kappa shape index (κ2) is 8.77. The average molecular weight is 291 g/mol. The summed E-state index contributed by atoms with van der Waals surface area (Å²) in [4.78, 5) is 11.8. The molecule has 1 amide bonds. The fourth-order valence-corrected chi connectivity index (χ4v) is 2.97. The molecule has 4 nitrogen and oxygen atoms in total. The number of rotatable bonds is 4. The van der Waals surface area contributed by atoms with Crippen molar-refractivity contribution in [1.82, 2.24) is 5.32 Å². The van der Waals surface area contributed by atoms with E-state index in [1.807, 2.05) is 0 Å². The Morgan fingerprint density at radius 3 is 2.32 bits per heavy atom. The predicted molar refractivity (Wildman–Crippen MR) is 78.4 cm³/mol. The van der Waals surface area contributed by atoms with Gasteiger partial charge in [0.15, 0.2) is 0 Å². The van der Waals surface area contributed by atoms with E-state index in [4.69, 9.17) is 10.5 Å². The van der Waals surface area contributed by atoms with E-state index in [0.29, 0.717) is 12.1 Å². The Kier molecular flexibility index (Phi) is 7.73. The van der Waals surface area contributed by atoms with Crippen molar-refractivity contribution in [3.05, 3.63) is 0 Å². The van der Waals surface area contributed by atoms with Crippen molar-refractivity contribution in [2.45, 2.75) is 76.0 Å². The monoisotopic (exact) mass is 290 g/mol. The number of halogens is 1. The van der Waals surface area contributed by atoms with Gasteiger partial charge in [0, 0.05) is 12.1 Å². The zero-order chi connectivity index (χ0) is 12.8. The van der Waals surface area contributed by atoms with E-state index in [0.717, 1.165) is 38.5 Å². The third kappa shape index (κ3) is 6.11. The Balaban J connectivity index is 0.00000180. The van der Waals surface area contributed by atoms with Gasteiger partial charge in [-0.25, -0.2) is 0 Å². The first-order chi connectivity index (χ1) is 8.74. The molecule has 0 atom stereocenters. The maximum atomic E-state index is 11.8. The van der Waals surface area contributed by atoms with Crippen molar-refractivity contribution < 1.29 is 9.53 Å². The number of nitrogens with two attached hydrogens (primary N) is 1. The summed E-state index contributed by atoms with van der Waals surface area (Å²) < 4.78 is 5.67. The lowest BCUT2D eigenvalue weighted by molar-refractivity contribution is -0.129. The number of carbonyl (C=O) groups excluding carboxylic acids is 1. The normalized spacial score (nSPS) is 28.5. The second-order valence-corrected chi connectivity index (χ2v) is 5.75. The lowest BCUT2D eigenvalue weighted by Gasteiger charge is -2.27. The summed E-state index contributed by atoms with van der Waals surface area (Å²) in [5, 5.41) is 3.08. The fraction of sp³-hybridized carbons (Fsp3) is 0.929. The zero-order valence-corrected chi connectivity index (χ0v) is 12.4. The standard InChI is InChI=1S/C14H26N2O2.ClH/c15-11-6-8-13(9-7-11)18-10-14(17)16-12-4-2-1-3-5-12;/h11-13H,1-10,15H2,(H,16,17);1H. The smallest absolute Gasteiger partial charge is 0.246 e. The summed E-state index contributed by atoms with van der Waals surface area (Å²) in [7, 11) is 0. The molecule has 3 N–H and O–H groups in total. The van der Waals surface area contributed by atoms with Gasteiger partial charge in [0.2, 0.25) is 5.91 Å². The van der Waals surface area contributed by atoms with Crippen LogP contribution in [0.1, 0.15) is 57.8 Å². The van der Waals surface area contributed by atoms with Gasteiger partial charge in [0.25, 0.3) is 0 Å². The van der Waals surface area contributed by atoms with Crippen molar-refractivity contribution in [3.8, 4) is 0 Å². The second-order valence-electron chi connectivity index (χ2n) is 5.75. The van der Waals surface area contributed by atoms with Crippen molar-refractivity contribution >= 4 is 18.3 Å². The fourth-order valence-electron chi connectivity index (χ4n) is 2.97. The maximum Gasteiger partial charge on any atom is 0.246 e. The Bertz CT molecular complexity index is 262. The molecule has 0 bridgehead atoms. The van der Waals surface area contributed by atoms with Gasteiger partial charge in [0.1, 0.15) is 6.61 Å². The van der Waals surface area contributed by atoms with Gasteiger partial charge >= 0.3 is 0 Å². The molecule has 0 aliphatic heterocycles. The molecular formula is C14H27ClN2O2. The molecule has 112 valence electrons. The van der Waals surface area contributed by atoms with Gasteiger partial charge in [0.05, 0.1) is 6.10 Å². The number of ether oxygens (including phenoxy) is 1. The molecule has 2 saturated carbocycles. The first-order valence-electron chi connectivity index (χ1n) is 7.40. The molecule has 2 aliphatic carbocycles. The summed E-state index contributed by atoms with van der Waals surface area (Å²) in [6.45, 7) is 0.219. The van der Waals surface area contributed by atoms with Gasteiger partial charge in [-0.15, -0.1) is 12.4 Å². The maximum absolute atomic E-state index is 11.8.